The third-order valence-corrected chi connectivity index (χ3v) is 3.54. The molecule has 3 heteroatoms. The quantitative estimate of drug-likeness (QED) is 0.454. The third-order valence-electron chi connectivity index (χ3n) is 1.05. The third kappa shape index (κ3) is 6.35. The van der Waals surface area contributed by atoms with Crippen LogP contribution in [0.5, 0.6) is 0 Å². The molecule has 0 rings (SSSR count). The first-order valence-corrected chi connectivity index (χ1v) is 5.25. The van der Waals surface area contributed by atoms with Gasteiger partial charge in [0.15, 0.2) is 9.76 Å². The van der Waals surface area contributed by atoms with E-state index < -0.39 is 9.76 Å². The molecule has 0 spiro atoms. The topological polar surface area (TPSA) is 9.23 Å². The molecule has 0 heterocycles. The van der Waals surface area contributed by atoms with Crippen molar-refractivity contribution in [3.63, 3.8) is 0 Å². The van der Waals surface area contributed by atoms with E-state index in [0.29, 0.717) is 11.1 Å². The lowest BCUT2D eigenvalue weighted by Gasteiger charge is -2.09. The van der Waals surface area contributed by atoms with Crippen LogP contribution in [0.3, 0.4) is 0 Å². The maximum atomic E-state index is 5.85. The van der Waals surface area contributed by atoms with Crippen molar-refractivity contribution in [2.24, 2.45) is 0 Å². The van der Waals surface area contributed by atoms with Crippen molar-refractivity contribution < 1.29 is 4.43 Å². The molecule has 0 aliphatic rings. The van der Waals surface area contributed by atoms with Gasteiger partial charge in [-0.3, -0.25) is 0 Å². The lowest BCUT2D eigenvalue weighted by atomic mass is 10.5. The van der Waals surface area contributed by atoms with Crippen molar-refractivity contribution in [3.05, 3.63) is 0 Å². The Balaban J connectivity index is 3.06. The summed E-state index contributed by atoms with van der Waals surface area (Å²) in [6.07, 6.45) is 1.41. The van der Waals surface area contributed by atoms with E-state index in [0.717, 1.165) is 6.42 Å². The van der Waals surface area contributed by atoms with Crippen LogP contribution in [0.25, 0.3) is 0 Å². The Hall–Kier alpha value is 0.467. The van der Waals surface area contributed by atoms with Crippen molar-refractivity contribution in [1.82, 2.24) is 0 Å². The first-order valence-electron chi connectivity index (χ1n) is 3.42. The molecule has 0 saturated carbocycles. The van der Waals surface area contributed by atoms with Gasteiger partial charge in [0.1, 0.15) is 0 Å². The second-order valence-electron chi connectivity index (χ2n) is 2.39. The van der Waals surface area contributed by atoms with Crippen LogP contribution in [0.15, 0.2) is 0 Å². The summed E-state index contributed by atoms with van der Waals surface area (Å²) < 4.78 is 5.40. The fourth-order valence-electron chi connectivity index (χ4n) is 0.415. The number of rotatable bonds is 4. The average Bonchev–Trinajstić information content (AvgIpc) is 1.83. The van der Waals surface area contributed by atoms with E-state index in [9.17, 15) is 0 Å². The summed E-state index contributed by atoms with van der Waals surface area (Å²) in [5, 5.41) is 0.326. The van der Waals surface area contributed by atoms with E-state index >= 15 is 0 Å². The van der Waals surface area contributed by atoms with Crippen LogP contribution >= 0.6 is 11.6 Å². The van der Waals surface area contributed by atoms with Crippen LogP contribution in [0.2, 0.25) is 0 Å². The molecule has 1 nitrogen and oxygen atoms in total. The van der Waals surface area contributed by atoms with E-state index in [4.69, 9.17) is 16.0 Å². The van der Waals surface area contributed by atoms with Gasteiger partial charge >= 0.3 is 0 Å². The molecule has 0 aliphatic carbocycles. The van der Waals surface area contributed by atoms with Crippen LogP contribution in [0.4, 0.5) is 0 Å². The van der Waals surface area contributed by atoms with Gasteiger partial charge in [-0.05, 0) is 20.3 Å². The molecule has 1 atom stereocenters. The van der Waals surface area contributed by atoms with E-state index in [1.807, 2.05) is 13.8 Å². The normalized spacial score (nSPS) is 15.7. The second kappa shape index (κ2) is 5.27. The van der Waals surface area contributed by atoms with Gasteiger partial charge in [-0.2, -0.15) is 0 Å². The molecule has 0 bridgehead atoms. The summed E-state index contributed by atoms with van der Waals surface area (Å²) in [6, 6.07) is 0. The maximum absolute atomic E-state index is 5.85. The molecule has 0 amide bonds. The fourth-order valence-corrected chi connectivity index (χ4v) is 1.46. The molecule has 0 radical (unpaired) electrons. The summed E-state index contributed by atoms with van der Waals surface area (Å²) >= 11 is 5.85. The molecule has 0 aliphatic heterocycles. The standard InChI is InChI=1S/C6H15ClOSi/c1-4-6(7)9-8-5(2)3/h5-6H,4,9H2,1-3H3. The van der Waals surface area contributed by atoms with Gasteiger partial charge in [0.25, 0.3) is 0 Å². The van der Waals surface area contributed by atoms with Crippen molar-refractivity contribution >= 4 is 21.4 Å². The molecule has 0 N–H and O–H groups in total. The molecule has 9 heavy (non-hydrogen) atoms. The molecule has 0 aromatic carbocycles. The Labute approximate surface area is 64.7 Å². The van der Waals surface area contributed by atoms with Gasteiger partial charge in [0.05, 0.1) is 0 Å². The van der Waals surface area contributed by atoms with Gasteiger partial charge in [0, 0.05) is 11.1 Å². The lowest BCUT2D eigenvalue weighted by Crippen LogP contribution is -2.16. The summed E-state index contributed by atoms with van der Waals surface area (Å²) in [5.74, 6) is 0. The SMILES string of the molecule is CCC(Cl)[SiH2]OC(C)C. The number of hydrogen-bond donors (Lipinski definition) is 0. The molecule has 0 aromatic heterocycles. The van der Waals surface area contributed by atoms with E-state index in [2.05, 4.69) is 6.92 Å². The van der Waals surface area contributed by atoms with Gasteiger partial charge in [-0.25, -0.2) is 0 Å². The molecular weight excluding hydrogens is 152 g/mol. The predicted octanol–water partition coefficient (Wildman–Crippen LogP) is 1.47. The fraction of sp³-hybridized carbons (Fsp3) is 1.00. The first kappa shape index (κ1) is 9.47. The number of halogens is 1. The van der Waals surface area contributed by atoms with Gasteiger partial charge in [-0.15, -0.1) is 11.6 Å². The summed E-state index contributed by atoms with van der Waals surface area (Å²) in [6.45, 7) is 6.19. The molecule has 0 saturated heterocycles. The van der Waals surface area contributed by atoms with E-state index in [-0.39, 0.29) is 0 Å². The van der Waals surface area contributed by atoms with Crippen molar-refractivity contribution in [1.29, 1.82) is 0 Å². The van der Waals surface area contributed by atoms with Crippen LogP contribution in [0.1, 0.15) is 27.2 Å². The molecule has 0 fully saturated rings. The van der Waals surface area contributed by atoms with Crippen LogP contribution in [-0.2, 0) is 4.43 Å². The van der Waals surface area contributed by atoms with E-state index in [1.165, 1.54) is 0 Å². The Morgan fingerprint density at radius 3 is 2.44 bits per heavy atom. The summed E-state index contributed by atoms with van der Waals surface area (Å²) in [4.78, 5) is 0. The lowest BCUT2D eigenvalue weighted by molar-refractivity contribution is 0.254. The monoisotopic (exact) mass is 166 g/mol. The smallest absolute Gasteiger partial charge is 0.179 e. The summed E-state index contributed by atoms with van der Waals surface area (Å²) in [7, 11) is -0.446. The summed E-state index contributed by atoms with van der Waals surface area (Å²) in [5.41, 5.74) is 0. The van der Waals surface area contributed by atoms with Gasteiger partial charge < -0.3 is 4.43 Å². The maximum Gasteiger partial charge on any atom is 0.179 e. The minimum absolute atomic E-state index is 0.326. The minimum atomic E-state index is -0.446. The minimum Gasteiger partial charge on any atom is -0.420 e. The highest BCUT2D eigenvalue weighted by Crippen LogP contribution is 2.00. The van der Waals surface area contributed by atoms with Crippen molar-refractivity contribution in [2.45, 2.75) is 38.3 Å². The Morgan fingerprint density at radius 1 is 1.56 bits per heavy atom. The van der Waals surface area contributed by atoms with Gasteiger partial charge in [-0.1, -0.05) is 6.92 Å². The predicted molar refractivity (Wildman–Crippen MR) is 44.7 cm³/mol. The molecular formula is C6H15ClOSi. The van der Waals surface area contributed by atoms with Crippen LogP contribution in [-0.4, -0.2) is 20.9 Å². The van der Waals surface area contributed by atoms with Gasteiger partial charge in [0.2, 0.25) is 0 Å². The zero-order chi connectivity index (χ0) is 7.28. The second-order valence-corrected chi connectivity index (χ2v) is 5.17. The largest absolute Gasteiger partial charge is 0.420 e. The van der Waals surface area contributed by atoms with Crippen molar-refractivity contribution in [2.75, 3.05) is 0 Å². The van der Waals surface area contributed by atoms with Crippen molar-refractivity contribution in [3.8, 4) is 0 Å². The van der Waals surface area contributed by atoms with Crippen LogP contribution in [0, 0.1) is 0 Å². The average molecular weight is 167 g/mol. The Kier molecular flexibility index (Phi) is 5.54. The highest BCUT2D eigenvalue weighted by Gasteiger charge is 2.02. The number of alkyl halides is 1. The van der Waals surface area contributed by atoms with E-state index in [1.54, 1.807) is 0 Å². The Bertz CT molecular complexity index is 68.1. The highest BCUT2D eigenvalue weighted by atomic mass is 35.5. The number of hydrogen-bond acceptors (Lipinski definition) is 1. The highest BCUT2D eigenvalue weighted by molar-refractivity contribution is 6.48. The van der Waals surface area contributed by atoms with Crippen LogP contribution < -0.4 is 0 Å². The molecule has 0 aromatic rings. The Morgan fingerprint density at radius 2 is 2.11 bits per heavy atom. The molecule has 56 valence electrons. The zero-order valence-electron chi connectivity index (χ0n) is 6.36. The zero-order valence-corrected chi connectivity index (χ0v) is 8.53. The molecule has 1 unspecified atom stereocenters. The first-order chi connectivity index (χ1) is 4.16.